The number of hydrogen-bond acceptors (Lipinski definition) is 7. The Morgan fingerprint density at radius 3 is 2.46 bits per heavy atom. The first-order valence-corrected chi connectivity index (χ1v) is 7.78. The summed E-state index contributed by atoms with van der Waals surface area (Å²) in [7, 11) is 0. The minimum absolute atomic E-state index is 0.0181. The zero-order valence-corrected chi connectivity index (χ0v) is 14.8. The minimum Gasteiger partial charge on any atom is -0.506 e. The number of nitrogens with zero attached hydrogens (tertiary/aromatic N) is 3. The molecule has 0 aromatic heterocycles. The van der Waals surface area contributed by atoms with Crippen LogP contribution in [0.15, 0.2) is 44.4 Å². The minimum atomic E-state index is -0.752. The van der Waals surface area contributed by atoms with Crippen LogP contribution in [0.1, 0.15) is 5.56 Å². The molecule has 2 rings (SSSR count). The van der Waals surface area contributed by atoms with Gasteiger partial charge in [0.1, 0.15) is 11.4 Å². The summed E-state index contributed by atoms with van der Waals surface area (Å²) in [4.78, 5) is 20.2. The van der Waals surface area contributed by atoms with Crippen molar-refractivity contribution in [2.45, 2.75) is 0 Å². The molecular formula is C13H8Br2N4O5. The van der Waals surface area contributed by atoms with Crippen LogP contribution in [0.5, 0.6) is 5.75 Å². The molecule has 0 aliphatic rings. The average molecular weight is 460 g/mol. The molecule has 0 spiro atoms. The Bertz CT molecular complexity index is 856. The van der Waals surface area contributed by atoms with Gasteiger partial charge in [-0.05, 0) is 34.1 Å². The molecule has 0 aliphatic carbocycles. The van der Waals surface area contributed by atoms with E-state index in [1.165, 1.54) is 12.3 Å². The van der Waals surface area contributed by atoms with E-state index in [0.717, 1.165) is 12.1 Å². The van der Waals surface area contributed by atoms with Crippen LogP contribution in [0.2, 0.25) is 0 Å². The smallest absolute Gasteiger partial charge is 0.301 e. The zero-order chi connectivity index (χ0) is 17.9. The third-order valence-electron chi connectivity index (χ3n) is 2.84. The van der Waals surface area contributed by atoms with Crippen molar-refractivity contribution in [1.82, 2.24) is 0 Å². The number of anilines is 1. The predicted molar refractivity (Wildman–Crippen MR) is 94.5 cm³/mol. The lowest BCUT2D eigenvalue weighted by atomic mass is 10.2. The van der Waals surface area contributed by atoms with Gasteiger partial charge in [-0.15, -0.1) is 0 Å². The van der Waals surface area contributed by atoms with E-state index in [4.69, 9.17) is 0 Å². The number of benzene rings is 2. The van der Waals surface area contributed by atoms with E-state index in [1.54, 1.807) is 12.1 Å². The number of non-ortho nitro benzene ring substituents is 1. The SMILES string of the molecule is O=[N+]([O-])c1ccc(N/N=C/c2cc(Br)cc(Br)c2O)c([N+](=O)[O-])c1. The average Bonchev–Trinajstić information content (AvgIpc) is 2.51. The lowest BCUT2D eigenvalue weighted by Gasteiger charge is -2.04. The number of nitro benzene ring substituents is 2. The standard InChI is InChI=1S/C13H8Br2N4O5/c14-8-3-7(13(20)10(15)4-8)6-16-17-11-2-1-9(18(21)22)5-12(11)19(23)24/h1-6,17,20H/b16-6+. The fourth-order valence-electron chi connectivity index (χ4n) is 1.73. The van der Waals surface area contributed by atoms with Crippen molar-refractivity contribution in [3.05, 3.63) is 65.1 Å². The van der Waals surface area contributed by atoms with Crippen molar-refractivity contribution >= 4 is 55.1 Å². The number of rotatable bonds is 5. The molecule has 0 radical (unpaired) electrons. The van der Waals surface area contributed by atoms with E-state index in [1.807, 2.05) is 0 Å². The van der Waals surface area contributed by atoms with Gasteiger partial charge in [-0.1, -0.05) is 15.9 Å². The van der Waals surface area contributed by atoms with Gasteiger partial charge in [0, 0.05) is 16.1 Å². The molecule has 2 aromatic rings. The van der Waals surface area contributed by atoms with Crippen LogP contribution in [0, 0.1) is 20.2 Å². The summed E-state index contributed by atoms with van der Waals surface area (Å²) in [6.07, 6.45) is 1.26. The van der Waals surface area contributed by atoms with Crippen molar-refractivity contribution in [3.8, 4) is 5.75 Å². The number of nitro groups is 2. The summed E-state index contributed by atoms with van der Waals surface area (Å²) >= 11 is 6.43. The van der Waals surface area contributed by atoms with Crippen LogP contribution in [-0.2, 0) is 0 Å². The lowest BCUT2D eigenvalue weighted by Crippen LogP contribution is -1.99. The highest BCUT2D eigenvalue weighted by atomic mass is 79.9. The molecule has 0 bridgehead atoms. The second kappa shape index (κ2) is 7.36. The van der Waals surface area contributed by atoms with E-state index >= 15 is 0 Å². The number of halogens is 2. The first kappa shape index (κ1) is 17.8. The van der Waals surface area contributed by atoms with Gasteiger partial charge in [-0.3, -0.25) is 25.7 Å². The number of hydrazone groups is 1. The Hall–Kier alpha value is -2.53. The van der Waals surface area contributed by atoms with Crippen LogP contribution >= 0.6 is 31.9 Å². The molecule has 2 aromatic carbocycles. The van der Waals surface area contributed by atoms with Gasteiger partial charge in [0.15, 0.2) is 0 Å². The third-order valence-corrected chi connectivity index (χ3v) is 3.90. The van der Waals surface area contributed by atoms with E-state index < -0.39 is 21.2 Å². The topological polar surface area (TPSA) is 131 Å². The quantitative estimate of drug-likeness (QED) is 0.391. The number of phenols is 1. The van der Waals surface area contributed by atoms with Gasteiger partial charge in [-0.2, -0.15) is 5.10 Å². The molecule has 0 heterocycles. The Labute approximate surface area is 151 Å². The Kier molecular flexibility index (Phi) is 5.46. The molecule has 0 amide bonds. The van der Waals surface area contributed by atoms with Crippen LogP contribution in [0.4, 0.5) is 17.1 Å². The molecule has 0 unspecified atom stereocenters. The number of phenolic OH excluding ortho intramolecular Hbond substituents is 1. The lowest BCUT2D eigenvalue weighted by molar-refractivity contribution is -0.393. The van der Waals surface area contributed by atoms with E-state index in [0.29, 0.717) is 14.5 Å². The molecule has 0 saturated heterocycles. The molecular weight excluding hydrogens is 452 g/mol. The summed E-state index contributed by atoms with van der Waals surface area (Å²) in [6.45, 7) is 0. The summed E-state index contributed by atoms with van der Waals surface area (Å²) < 4.78 is 1.13. The maximum absolute atomic E-state index is 11.0. The maximum atomic E-state index is 11.0. The van der Waals surface area contributed by atoms with Gasteiger partial charge in [0.25, 0.3) is 5.69 Å². The van der Waals surface area contributed by atoms with Crippen molar-refractivity contribution in [2.75, 3.05) is 5.43 Å². The van der Waals surface area contributed by atoms with E-state index in [2.05, 4.69) is 42.4 Å². The fraction of sp³-hybridized carbons (Fsp3) is 0. The first-order valence-electron chi connectivity index (χ1n) is 6.19. The maximum Gasteiger partial charge on any atom is 0.301 e. The molecule has 124 valence electrons. The third kappa shape index (κ3) is 4.06. The van der Waals surface area contributed by atoms with Gasteiger partial charge >= 0.3 is 5.69 Å². The second-order valence-corrected chi connectivity index (χ2v) is 6.18. The first-order chi connectivity index (χ1) is 11.3. The molecule has 0 atom stereocenters. The number of aromatic hydroxyl groups is 1. The summed E-state index contributed by atoms with van der Waals surface area (Å²) in [5.74, 6) is -0.0538. The van der Waals surface area contributed by atoms with Gasteiger partial charge in [-0.25, -0.2) is 0 Å². The number of nitrogens with one attached hydrogen (secondary N) is 1. The highest BCUT2D eigenvalue weighted by molar-refractivity contribution is 9.11. The van der Waals surface area contributed by atoms with Crippen molar-refractivity contribution in [1.29, 1.82) is 0 Å². The Morgan fingerprint density at radius 1 is 1.12 bits per heavy atom. The van der Waals surface area contributed by atoms with E-state index in [9.17, 15) is 25.3 Å². The Morgan fingerprint density at radius 2 is 1.83 bits per heavy atom. The summed E-state index contributed by atoms with van der Waals surface area (Å²) in [5, 5.41) is 35.4. The summed E-state index contributed by atoms with van der Waals surface area (Å²) in [5.41, 5.74) is 1.89. The normalized spacial score (nSPS) is 10.8. The van der Waals surface area contributed by atoms with Crippen LogP contribution in [0.3, 0.4) is 0 Å². The van der Waals surface area contributed by atoms with Gasteiger partial charge < -0.3 is 5.11 Å². The van der Waals surface area contributed by atoms with Crippen molar-refractivity contribution < 1.29 is 15.0 Å². The molecule has 2 N–H and O–H groups in total. The molecule has 11 heteroatoms. The molecule has 0 fully saturated rings. The molecule has 9 nitrogen and oxygen atoms in total. The predicted octanol–water partition coefficient (Wildman–Crippen LogP) is 4.18. The van der Waals surface area contributed by atoms with Crippen molar-refractivity contribution in [2.24, 2.45) is 5.10 Å². The van der Waals surface area contributed by atoms with Crippen LogP contribution in [0.25, 0.3) is 0 Å². The van der Waals surface area contributed by atoms with Gasteiger partial charge in [0.2, 0.25) is 0 Å². The van der Waals surface area contributed by atoms with Crippen molar-refractivity contribution in [3.63, 3.8) is 0 Å². The van der Waals surface area contributed by atoms with Gasteiger partial charge in [0.05, 0.1) is 26.6 Å². The van der Waals surface area contributed by atoms with Crippen LogP contribution in [-0.4, -0.2) is 21.2 Å². The highest BCUT2D eigenvalue weighted by Gasteiger charge is 2.19. The fourth-order valence-corrected chi connectivity index (χ4v) is 2.99. The van der Waals surface area contributed by atoms with E-state index in [-0.39, 0.29) is 11.4 Å². The molecule has 24 heavy (non-hydrogen) atoms. The zero-order valence-electron chi connectivity index (χ0n) is 11.6. The van der Waals surface area contributed by atoms with Crippen LogP contribution < -0.4 is 5.43 Å². The summed E-state index contributed by atoms with van der Waals surface area (Å²) in [6, 6.07) is 6.38. The number of hydrogen-bond donors (Lipinski definition) is 2. The molecule has 0 saturated carbocycles. The largest absolute Gasteiger partial charge is 0.506 e. The molecule has 0 aliphatic heterocycles. The monoisotopic (exact) mass is 458 g/mol. The highest BCUT2D eigenvalue weighted by Crippen LogP contribution is 2.31. The Balaban J connectivity index is 2.29. The second-order valence-electron chi connectivity index (χ2n) is 4.41.